The second-order valence-corrected chi connectivity index (χ2v) is 4.07. The maximum atomic E-state index is 11.3. The Kier molecular flexibility index (Phi) is 4.06. The molecule has 1 amide bonds. The first-order chi connectivity index (χ1) is 9.11. The second-order valence-electron chi connectivity index (χ2n) is 3.81. The third-order valence-electron chi connectivity index (χ3n) is 2.46. The quantitative estimate of drug-likeness (QED) is 0.521. The molecule has 1 aromatic carbocycles. The lowest BCUT2D eigenvalue weighted by molar-refractivity contribution is -0.384. The minimum absolute atomic E-state index is 0.0416. The Morgan fingerprint density at radius 2 is 2.00 bits per heavy atom. The van der Waals surface area contributed by atoms with Gasteiger partial charge in [-0.25, -0.2) is 0 Å². The van der Waals surface area contributed by atoms with Crippen LogP contribution in [0, 0.1) is 10.1 Å². The van der Waals surface area contributed by atoms with Crippen LogP contribution in [0.25, 0.3) is 0 Å². The van der Waals surface area contributed by atoms with Crippen molar-refractivity contribution in [3.05, 3.63) is 22.2 Å². The number of nitro benzene ring substituents is 1. The van der Waals surface area contributed by atoms with Gasteiger partial charge in [0.1, 0.15) is 11.6 Å². The summed E-state index contributed by atoms with van der Waals surface area (Å²) < 4.78 is 10.8. The van der Waals surface area contributed by atoms with E-state index < -0.39 is 10.8 Å². The van der Waals surface area contributed by atoms with E-state index >= 15 is 0 Å². The number of fused-ring (bicyclic) bond motifs is 1. The average Bonchev–Trinajstić information content (AvgIpc) is 2.62. The topological polar surface area (TPSA) is 90.7 Å². The first kappa shape index (κ1) is 13.4. The van der Waals surface area contributed by atoms with Crippen molar-refractivity contribution in [3.63, 3.8) is 0 Å². The number of hydrogen-bond donors (Lipinski definition) is 1. The lowest BCUT2D eigenvalue weighted by Crippen LogP contribution is -2.14. The predicted molar refractivity (Wildman–Crippen MR) is 68.1 cm³/mol. The summed E-state index contributed by atoms with van der Waals surface area (Å²) in [5.74, 6) is -0.147. The van der Waals surface area contributed by atoms with E-state index in [1.165, 1.54) is 12.1 Å². The molecule has 102 valence electrons. The molecule has 0 saturated carbocycles. The van der Waals surface area contributed by atoms with Crippen LogP contribution in [0.2, 0.25) is 0 Å². The smallest absolute Gasteiger partial charge is 0.296 e. The van der Waals surface area contributed by atoms with E-state index in [9.17, 15) is 14.9 Å². The van der Waals surface area contributed by atoms with E-state index in [1.807, 2.05) is 0 Å². The number of nitrogens with one attached hydrogen (secondary N) is 1. The van der Waals surface area contributed by atoms with E-state index in [1.54, 1.807) is 0 Å². The molecular weight excluding hydrogens is 276 g/mol. The maximum absolute atomic E-state index is 11.3. The summed E-state index contributed by atoms with van der Waals surface area (Å²) in [4.78, 5) is 21.6. The molecule has 0 aliphatic carbocycles. The van der Waals surface area contributed by atoms with Gasteiger partial charge in [-0.15, -0.1) is 11.6 Å². The van der Waals surface area contributed by atoms with Crippen molar-refractivity contribution in [1.82, 2.24) is 0 Å². The second kappa shape index (κ2) is 5.75. The van der Waals surface area contributed by atoms with Crippen molar-refractivity contribution >= 4 is 28.9 Å². The van der Waals surface area contributed by atoms with E-state index in [-0.39, 0.29) is 17.3 Å². The van der Waals surface area contributed by atoms with Gasteiger partial charge >= 0.3 is 0 Å². The number of anilines is 1. The Morgan fingerprint density at radius 1 is 1.37 bits per heavy atom. The molecule has 0 saturated heterocycles. The lowest BCUT2D eigenvalue weighted by atomic mass is 10.2. The first-order valence-electron chi connectivity index (χ1n) is 5.55. The normalized spacial score (nSPS) is 13.5. The Bertz CT molecular complexity index is 520. The van der Waals surface area contributed by atoms with Crippen LogP contribution in [0.4, 0.5) is 11.4 Å². The molecule has 1 N–H and O–H groups in total. The van der Waals surface area contributed by atoms with Crippen molar-refractivity contribution < 1.29 is 19.2 Å². The largest absolute Gasteiger partial charge is 0.489 e. The zero-order valence-corrected chi connectivity index (χ0v) is 10.6. The fraction of sp³-hybridized carbons (Fsp3) is 0.364. The van der Waals surface area contributed by atoms with Gasteiger partial charge in [-0.3, -0.25) is 14.9 Å². The van der Waals surface area contributed by atoms with Gasteiger partial charge < -0.3 is 14.8 Å². The molecule has 1 aliphatic rings. The van der Waals surface area contributed by atoms with Gasteiger partial charge in [-0.2, -0.15) is 0 Å². The molecule has 0 spiro atoms. The first-order valence-corrected chi connectivity index (χ1v) is 6.09. The van der Waals surface area contributed by atoms with Crippen LogP contribution in [-0.2, 0) is 4.79 Å². The third-order valence-corrected chi connectivity index (χ3v) is 2.70. The number of halogens is 1. The minimum atomic E-state index is -0.599. The van der Waals surface area contributed by atoms with Crippen LogP contribution in [0.1, 0.15) is 6.42 Å². The Hall–Kier alpha value is -2.02. The van der Waals surface area contributed by atoms with Gasteiger partial charge in [0.05, 0.1) is 24.2 Å². The standard InChI is InChI=1S/C11H11ClN2O5/c12-6-11(15)13-7-4-9-10(5-8(7)14(16)17)19-3-1-2-18-9/h4-5H,1-3,6H2,(H,13,15). The van der Waals surface area contributed by atoms with Crippen LogP contribution in [0.15, 0.2) is 12.1 Å². The van der Waals surface area contributed by atoms with Crippen LogP contribution >= 0.6 is 11.6 Å². The number of benzene rings is 1. The van der Waals surface area contributed by atoms with Gasteiger partial charge in [-0.1, -0.05) is 0 Å². The van der Waals surface area contributed by atoms with Crippen molar-refractivity contribution in [2.24, 2.45) is 0 Å². The Labute approximate surface area is 113 Å². The summed E-state index contributed by atoms with van der Waals surface area (Å²) in [5, 5.41) is 13.4. The summed E-state index contributed by atoms with van der Waals surface area (Å²) in [6, 6.07) is 2.62. The molecule has 2 rings (SSSR count). The number of carbonyl (C=O) groups excluding carboxylic acids is 1. The predicted octanol–water partition coefficient (Wildman–Crippen LogP) is 1.93. The number of hydrogen-bond acceptors (Lipinski definition) is 5. The summed E-state index contributed by atoms with van der Waals surface area (Å²) in [5.41, 5.74) is -0.220. The summed E-state index contributed by atoms with van der Waals surface area (Å²) >= 11 is 5.37. The van der Waals surface area contributed by atoms with Crippen molar-refractivity contribution in [3.8, 4) is 11.5 Å². The number of ether oxygens (including phenoxy) is 2. The summed E-state index contributed by atoms with van der Waals surface area (Å²) in [7, 11) is 0. The number of carbonyl (C=O) groups is 1. The molecule has 1 heterocycles. The average molecular weight is 287 g/mol. The lowest BCUT2D eigenvalue weighted by Gasteiger charge is -2.10. The van der Waals surface area contributed by atoms with Gasteiger partial charge in [0, 0.05) is 12.5 Å². The van der Waals surface area contributed by atoms with E-state index in [2.05, 4.69) is 5.32 Å². The zero-order chi connectivity index (χ0) is 13.8. The Balaban J connectivity index is 2.42. The monoisotopic (exact) mass is 286 g/mol. The van der Waals surface area contributed by atoms with Crippen molar-refractivity contribution in [1.29, 1.82) is 0 Å². The highest BCUT2D eigenvalue weighted by Gasteiger charge is 2.22. The zero-order valence-electron chi connectivity index (χ0n) is 9.85. The SMILES string of the molecule is O=C(CCl)Nc1cc2c(cc1[N+](=O)[O-])OCCCO2. The molecule has 0 bridgehead atoms. The molecule has 0 atom stereocenters. The molecule has 8 heteroatoms. The molecule has 0 radical (unpaired) electrons. The maximum Gasteiger partial charge on any atom is 0.296 e. The van der Waals surface area contributed by atoms with Crippen molar-refractivity contribution in [2.75, 3.05) is 24.4 Å². The van der Waals surface area contributed by atoms with Gasteiger partial charge in [0.15, 0.2) is 11.5 Å². The Morgan fingerprint density at radius 3 is 2.58 bits per heavy atom. The molecule has 0 aromatic heterocycles. The fourth-order valence-electron chi connectivity index (χ4n) is 1.63. The van der Waals surface area contributed by atoms with Crippen LogP contribution in [0.5, 0.6) is 11.5 Å². The number of alkyl halides is 1. The van der Waals surface area contributed by atoms with Crippen molar-refractivity contribution in [2.45, 2.75) is 6.42 Å². The van der Waals surface area contributed by atoms with E-state index in [0.29, 0.717) is 31.1 Å². The highest BCUT2D eigenvalue weighted by atomic mass is 35.5. The highest BCUT2D eigenvalue weighted by Crippen LogP contribution is 2.39. The van der Waals surface area contributed by atoms with Crippen LogP contribution in [0.3, 0.4) is 0 Å². The molecule has 7 nitrogen and oxygen atoms in total. The number of nitro groups is 1. The minimum Gasteiger partial charge on any atom is -0.489 e. The van der Waals surface area contributed by atoms with Crippen LogP contribution in [-0.4, -0.2) is 29.9 Å². The van der Waals surface area contributed by atoms with E-state index in [0.717, 1.165) is 0 Å². The molecular formula is C11H11ClN2O5. The van der Waals surface area contributed by atoms with Crippen LogP contribution < -0.4 is 14.8 Å². The summed E-state index contributed by atoms with van der Waals surface area (Å²) in [6.07, 6.45) is 0.686. The van der Waals surface area contributed by atoms with E-state index in [4.69, 9.17) is 21.1 Å². The fourth-order valence-corrected chi connectivity index (χ4v) is 1.70. The number of amides is 1. The highest BCUT2D eigenvalue weighted by molar-refractivity contribution is 6.29. The van der Waals surface area contributed by atoms with Gasteiger partial charge in [0.25, 0.3) is 5.69 Å². The molecule has 1 aromatic rings. The van der Waals surface area contributed by atoms with Gasteiger partial charge in [-0.05, 0) is 0 Å². The molecule has 19 heavy (non-hydrogen) atoms. The molecule has 0 fully saturated rings. The van der Waals surface area contributed by atoms with Gasteiger partial charge in [0.2, 0.25) is 5.91 Å². The number of nitrogens with zero attached hydrogens (tertiary/aromatic N) is 1. The molecule has 1 aliphatic heterocycles. The molecule has 0 unspecified atom stereocenters. The third kappa shape index (κ3) is 3.05. The summed E-state index contributed by atoms with van der Waals surface area (Å²) in [6.45, 7) is 0.880. The number of rotatable bonds is 3.